The Morgan fingerprint density at radius 1 is 1.08 bits per heavy atom. The van der Waals surface area contributed by atoms with E-state index in [0.29, 0.717) is 5.28 Å². The summed E-state index contributed by atoms with van der Waals surface area (Å²) in [7, 11) is 0. The van der Waals surface area contributed by atoms with Crippen molar-refractivity contribution >= 4 is 44.7 Å². The molecule has 1 aromatic carbocycles. The summed E-state index contributed by atoms with van der Waals surface area (Å²) in [6, 6.07) is 8.78. The van der Waals surface area contributed by atoms with Crippen LogP contribution in [0.5, 0.6) is 0 Å². The van der Waals surface area contributed by atoms with Gasteiger partial charge in [-0.3, -0.25) is 0 Å². The van der Waals surface area contributed by atoms with Gasteiger partial charge in [0.25, 0.3) is 0 Å². The Kier molecular flexibility index (Phi) is 4.76. The van der Waals surface area contributed by atoms with E-state index in [-0.39, 0.29) is 0 Å². The highest BCUT2D eigenvalue weighted by molar-refractivity contribution is 7.18. The third kappa shape index (κ3) is 3.14. The summed E-state index contributed by atoms with van der Waals surface area (Å²) in [6.45, 7) is 10.4. The molecule has 1 aliphatic heterocycles. The Balaban J connectivity index is 1.59. The van der Waals surface area contributed by atoms with Gasteiger partial charge < -0.3 is 9.80 Å². The van der Waals surface area contributed by atoms with Crippen molar-refractivity contribution < 1.29 is 0 Å². The first-order chi connectivity index (χ1) is 12.6. The van der Waals surface area contributed by atoms with Crippen LogP contribution in [0.1, 0.15) is 22.9 Å². The average molecular weight is 387 g/mol. The average Bonchev–Trinajstić information content (AvgIpc) is 3.06. The summed E-state index contributed by atoms with van der Waals surface area (Å²) in [6.07, 6.45) is 1.01. The highest BCUT2D eigenvalue weighted by Crippen LogP contribution is 2.33. The first-order valence-corrected chi connectivity index (χ1v) is 10.3. The van der Waals surface area contributed by atoms with Gasteiger partial charge in [-0.15, -0.1) is 11.3 Å². The molecule has 0 radical (unpaired) electrons. The number of benzene rings is 1. The second-order valence-corrected chi connectivity index (χ2v) is 8.25. The molecule has 0 unspecified atom stereocenters. The van der Waals surface area contributed by atoms with Gasteiger partial charge in [0.15, 0.2) is 0 Å². The van der Waals surface area contributed by atoms with E-state index in [1.807, 2.05) is 0 Å². The number of hydrogen-bond acceptors (Lipinski definition) is 5. The molecule has 4 rings (SSSR count). The highest BCUT2D eigenvalue weighted by Gasteiger charge is 2.22. The van der Waals surface area contributed by atoms with Crippen LogP contribution in [0.2, 0.25) is 5.28 Å². The molecule has 0 bridgehead atoms. The minimum absolute atomic E-state index is 0.342. The molecule has 1 aliphatic rings. The Labute approximate surface area is 163 Å². The van der Waals surface area contributed by atoms with Crippen molar-refractivity contribution in [1.82, 2.24) is 9.97 Å². The van der Waals surface area contributed by atoms with Gasteiger partial charge in [0, 0.05) is 36.7 Å². The van der Waals surface area contributed by atoms with Crippen LogP contribution in [0.25, 0.3) is 10.2 Å². The molecule has 4 nitrogen and oxygen atoms in total. The number of piperazine rings is 1. The molecule has 3 aromatic rings. The molecule has 136 valence electrons. The monoisotopic (exact) mass is 386 g/mol. The number of aromatic nitrogens is 2. The van der Waals surface area contributed by atoms with E-state index in [9.17, 15) is 0 Å². The second kappa shape index (κ2) is 7.05. The first-order valence-electron chi connectivity index (χ1n) is 9.09. The normalized spacial score (nSPS) is 15.1. The van der Waals surface area contributed by atoms with Crippen LogP contribution >= 0.6 is 22.9 Å². The molecule has 2 aromatic heterocycles. The van der Waals surface area contributed by atoms with Crippen LogP contribution < -0.4 is 9.80 Å². The van der Waals surface area contributed by atoms with Crippen molar-refractivity contribution in [2.45, 2.75) is 27.2 Å². The lowest BCUT2D eigenvalue weighted by atomic mass is 10.1. The number of fused-ring (bicyclic) bond motifs is 1. The molecular formula is C20H23ClN4S. The number of rotatable bonds is 3. The standard InChI is InChI=1S/C20H23ClN4S/c1-4-15-12-16-18(22-20(21)23-19(16)26-15)25-10-8-24(9-11-25)17-7-5-6-13(2)14(17)3/h5-7,12H,4,8-11H2,1-3H3. The van der Waals surface area contributed by atoms with E-state index < -0.39 is 0 Å². The van der Waals surface area contributed by atoms with Crippen molar-refractivity contribution in [3.05, 3.63) is 45.6 Å². The molecular weight excluding hydrogens is 364 g/mol. The van der Waals surface area contributed by atoms with Crippen LogP contribution in [0, 0.1) is 13.8 Å². The van der Waals surface area contributed by atoms with E-state index in [2.05, 4.69) is 64.8 Å². The lowest BCUT2D eigenvalue weighted by molar-refractivity contribution is 0.647. The zero-order valence-corrected chi connectivity index (χ0v) is 17.0. The van der Waals surface area contributed by atoms with Crippen molar-refractivity contribution in [3.63, 3.8) is 0 Å². The summed E-state index contributed by atoms with van der Waals surface area (Å²) in [5.41, 5.74) is 4.07. The van der Waals surface area contributed by atoms with Gasteiger partial charge >= 0.3 is 0 Å². The molecule has 1 saturated heterocycles. The SMILES string of the molecule is CCc1cc2c(N3CCN(c4cccc(C)c4C)CC3)nc(Cl)nc2s1. The van der Waals surface area contributed by atoms with Crippen LogP contribution in [-0.4, -0.2) is 36.1 Å². The van der Waals surface area contributed by atoms with Crippen LogP contribution in [0.15, 0.2) is 24.3 Å². The van der Waals surface area contributed by atoms with E-state index in [0.717, 1.165) is 48.6 Å². The fourth-order valence-electron chi connectivity index (χ4n) is 3.58. The van der Waals surface area contributed by atoms with Crippen molar-refractivity contribution in [2.24, 2.45) is 0 Å². The fourth-order valence-corrected chi connectivity index (χ4v) is 4.76. The van der Waals surface area contributed by atoms with Gasteiger partial charge in [0.1, 0.15) is 10.6 Å². The van der Waals surface area contributed by atoms with Crippen molar-refractivity contribution in [3.8, 4) is 0 Å². The van der Waals surface area contributed by atoms with Crippen molar-refractivity contribution in [2.75, 3.05) is 36.0 Å². The summed E-state index contributed by atoms with van der Waals surface area (Å²) in [5.74, 6) is 0.983. The smallest absolute Gasteiger partial charge is 0.225 e. The number of hydrogen-bond donors (Lipinski definition) is 0. The maximum atomic E-state index is 6.21. The van der Waals surface area contributed by atoms with Crippen LogP contribution in [0.4, 0.5) is 11.5 Å². The highest BCUT2D eigenvalue weighted by atomic mass is 35.5. The number of halogens is 1. The molecule has 0 N–H and O–H groups in total. The molecule has 1 fully saturated rings. The Hall–Kier alpha value is -1.85. The van der Waals surface area contributed by atoms with Gasteiger partial charge in [-0.05, 0) is 55.1 Å². The third-order valence-corrected chi connectivity index (χ3v) is 6.58. The molecule has 0 amide bonds. The number of aryl methyl sites for hydroxylation is 2. The predicted octanol–water partition coefficient (Wildman–Crippen LogP) is 4.85. The molecule has 0 spiro atoms. The van der Waals surface area contributed by atoms with Gasteiger partial charge in [-0.25, -0.2) is 4.98 Å². The van der Waals surface area contributed by atoms with Gasteiger partial charge in [0.2, 0.25) is 5.28 Å². The summed E-state index contributed by atoms with van der Waals surface area (Å²) < 4.78 is 0. The lowest BCUT2D eigenvalue weighted by Crippen LogP contribution is -2.47. The van der Waals surface area contributed by atoms with E-state index in [4.69, 9.17) is 11.6 Å². The minimum Gasteiger partial charge on any atom is -0.368 e. The molecule has 3 heterocycles. The minimum atomic E-state index is 0.342. The Morgan fingerprint density at radius 3 is 2.54 bits per heavy atom. The number of thiophene rings is 1. The third-order valence-electron chi connectivity index (χ3n) is 5.24. The van der Waals surface area contributed by atoms with Crippen molar-refractivity contribution in [1.29, 1.82) is 0 Å². The van der Waals surface area contributed by atoms with Gasteiger partial charge in [-0.2, -0.15) is 4.98 Å². The van der Waals surface area contributed by atoms with Crippen LogP contribution in [0.3, 0.4) is 0 Å². The summed E-state index contributed by atoms with van der Waals surface area (Å²) >= 11 is 7.92. The quantitative estimate of drug-likeness (QED) is 0.602. The van der Waals surface area contributed by atoms with E-state index >= 15 is 0 Å². The molecule has 0 saturated carbocycles. The predicted molar refractivity (Wildman–Crippen MR) is 112 cm³/mol. The zero-order chi connectivity index (χ0) is 18.3. The molecule has 0 atom stereocenters. The summed E-state index contributed by atoms with van der Waals surface area (Å²) in [4.78, 5) is 16.1. The topological polar surface area (TPSA) is 32.3 Å². The Bertz CT molecular complexity index is 944. The summed E-state index contributed by atoms with van der Waals surface area (Å²) in [5, 5.41) is 1.48. The molecule has 26 heavy (non-hydrogen) atoms. The largest absolute Gasteiger partial charge is 0.368 e. The maximum absolute atomic E-state index is 6.21. The maximum Gasteiger partial charge on any atom is 0.225 e. The van der Waals surface area contributed by atoms with E-state index in [1.165, 1.54) is 21.7 Å². The first kappa shape index (κ1) is 17.6. The number of anilines is 2. The second-order valence-electron chi connectivity index (χ2n) is 6.79. The lowest BCUT2D eigenvalue weighted by Gasteiger charge is -2.37. The van der Waals surface area contributed by atoms with E-state index in [1.54, 1.807) is 11.3 Å². The van der Waals surface area contributed by atoms with Gasteiger partial charge in [0.05, 0.1) is 5.39 Å². The Morgan fingerprint density at radius 2 is 1.81 bits per heavy atom. The van der Waals surface area contributed by atoms with Gasteiger partial charge in [-0.1, -0.05) is 19.1 Å². The van der Waals surface area contributed by atoms with Crippen LogP contribution in [-0.2, 0) is 6.42 Å². The zero-order valence-electron chi connectivity index (χ0n) is 15.4. The number of nitrogens with zero attached hydrogens (tertiary/aromatic N) is 4. The fraction of sp³-hybridized carbons (Fsp3) is 0.400. The molecule has 6 heteroatoms. The molecule has 0 aliphatic carbocycles.